The molecule has 3 aromatic rings. The Bertz CT molecular complexity index is 979. The SMILES string of the molecule is COc1ccc2cc(C(=O)N(C)Cc3nnc4n3CCCCC4)ccc2c1. The lowest BCUT2D eigenvalue weighted by Crippen LogP contribution is -2.28. The van der Waals surface area contributed by atoms with Crippen LogP contribution in [0.25, 0.3) is 10.8 Å². The highest BCUT2D eigenvalue weighted by atomic mass is 16.5. The topological polar surface area (TPSA) is 60.2 Å². The van der Waals surface area contributed by atoms with Crippen molar-refractivity contribution in [1.29, 1.82) is 0 Å². The molecule has 0 aliphatic carbocycles. The van der Waals surface area contributed by atoms with Crippen LogP contribution in [0.15, 0.2) is 36.4 Å². The van der Waals surface area contributed by atoms with E-state index in [1.165, 1.54) is 6.42 Å². The minimum atomic E-state index is -0.0151. The molecule has 1 amide bonds. The number of ether oxygens (including phenoxy) is 1. The van der Waals surface area contributed by atoms with E-state index < -0.39 is 0 Å². The van der Waals surface area contributed by atoms with Gasteiger partial charge in [-0.25, -0.2) is 0 Å². The molecular weight excluding hydrogens is 340 g/mol. The number of carbonyl (C=O) groups is 1. The second-order valence-corrected chi connectivity index (χ2v) is 7.08. The number of hydrogen-bond donors (Lipinski definition) is 0. The van der Waals surface area contributed by atoms with Gasteiger partial charge in [-0.15, -0.1) is 10.2 Å². The molecule has 6 nitrogen and oxygen atoms in total. The van der Waals surface area contributed by atoms with Crippen LogP contribution in [-0.2, 0) is 19.5 Å². The lowest BCUT2D eigenvalue weighted by molar-refractivity contribution is 0.0780. The summed E-state index contributed by atoms with van der Waals surface area (Å²) in [6.07, 6.45) is 4.50. The fourth-order valence-electron chi connectivity index (χ4n) is 3.65. The van der Waals surface area contributed by atoms with E-state index >= 15 is 0 Å². The first-order valence-corrected chi connectivity index (χ1v) is 9.40. The number of nitrogens with zero attached hydrogens (tertiary/aromatic N) is 4. The number of aryl methyl sites for hydroxylation is 1. The maximum absolute atomic E-state index is 12.9. The average molecular weight is 364 g/mol. The molecule has 140 valence electrons. The molecule has 0 saturated heterocycles. The standard InChI is InChI=1S/C21H24N4O2/c1-24(14-20-23-22-19-6-4-3-5-11-25(19)20)21(26)17-8-7-16-13-18(27-2)10-9-15(16)12-17/h7-10,12-13H,3-6,11,14H2,1-2H3. The second kappa shape index (κ2) is 7.39. The molecule has 1 aliphatic heterocycles. The van der Waals surface area contributed by atoms with Gasteiger partial charge in [0.15, 0.2) is 5.82 Å². The van der Waals surface area contributed by atoms with Gasteiger partial charge in [0.05, 0.1) is 13.7 Å². The van der Waals surface area contributed by atoms with Gasteiger partial charge in [-0.3, -0.25) is 4.79 Å². The number of aromatic nitrogens is 3. The third kappa shape index (κ3) is 3.52. The molecule has 0 bridgehead atoms. The third-order valence-electron chi connectivity index (χ3n) is 5.21. The van der Waals surface area contributed by atoms with Crippen molar-refractivity contribution < 1.29 is 9.53 Å². The molecule has 1 aliphatic rings. The first-order chi connectivity index (χ1) is 13.2. The number of rotatable bonds is 4. The minimum absolute atomic E-state index is 0.0151. The summed E-state index contributed by atoms with van der Waals surface area (Å²) < 4.78 is 7.44. The number of carbonyl (C=O) groups excluding carboxylic acids is 1. The summed E-state index contributed by atoms with van der Waals surface area (Å²) in [5.41, 5.74) is 0.672. The van der Waals surface area contributed by atoms with E-state index in [1.54, 1.807) is 12.0 Å². The van der Waals surface area contributed by atoms with E-state index in [1.807, 2.05) is 43.4 Å². The molecule has 0 spiro atoms. The van der Waals surface area contributed by atoms with Crippen molar-refractivity contribution in [2.75, 3.05) is 14.2 Å². The van der Waals surface area contributed by atoms with Crippen molar-refractivity contribution in [3.05, 3.63) is 53.6 Å². The summed E-state index contributed by atoms with van der Waals surface area (Å²) in [6.45, 7) is 1.41. The predicted octanol–water partition coefficient (Wildman–Crippen LogP) is 3.44. The van der Waals surface area contributed by atoms with Crippen molar-refractivity contribution in [2.45, 2.75) is 38.8 Å². The van der Waals surface area contributed by atoms with Gasteiger partial charge < -0.3 is 14.2 Å². The van der Waals surface area contributed by atoms with Crippen molar-refractivity contribution in [3.8, 4) is 5.75 Å². The van der Waals surface area contributed by atoms with E-state index in [9.17, 15) is 4.79 Å². The molecule has 1 aromatic heterocycles. The van der Waals surface area contributed by atoms with E-state index in [0.717, 1.165) is 54.0 Å². The molecule has 0 saturated carbocycles. The highest BCUT2D eigenvalue weighted by molar-refractivity contribution is 5.98. The van der Waals surface area contributed by atoms with Crippen LogP contribution >= 0.6 is 0 Å². The van der Waals surface area contributed by atoms with Crippen LogP contribution in [0.5, 0.6) is 5.75 Å². The number of methoxy groups -OCH3 is 1. The Kier molecular flexibility index (Phi) is 4.79. The first kappa shape index (κ1) is 17.5. The molecular formula is C21H24N4O2. The minimum Gasteiger partial charge on any atom is -0.497 e. The Morgan fingerprint density at radius 1 is 1.11 bits per heavy atom. The predicted molar refractivity (Wildman–Crippen MR) is 104 cm³/mol. The lowest BCUT2D eigenvalue weighted by Gasteiger charge is -2.18. The fourth-order valence-corrected chi connectivity index (χ4v) is 3.65. The Morgan fingerprint density at radius 2 is 1.93 bits per heavy atom. The van der Waals surface area contributed by atoms with Crippen LogP contribution in [0.3, 0.4) is 0 Å². The second-order valence-electron chi connectivity index (χ2n) is 7.08. The van der Waals surface area contributed by atoms with Crippen molar-refractivity contribution in [1.82, 2.24) is 19.7 Å². The molecule has 0 N–H and O–H groups in total. The zero-order valence-corrected chi connectivity index (χ0v) is 15.8. The third-order valence-corrected chi connectivity index (χ3v) is 5.21. The van der Waals surface area contributed by atoms with E-state index in [2.05, 4.69) is 14.8 Å². The molecule has 4 rings (SSSR count). The average Bonchev–Trinajstić information content (AvgIpc) is 2.92. The molecule has 0 radical (unpaired) electrons. The normalized spacial score (nSPS) is 13.9. The van der Waals surface area contributed by atoms with Gasteiger partial charge >= 0.3 is 0 Å². The van der Waals surface area contributed by atoms with E-state index in [4.69, 9.17) is 4.74 Å². The zero-order valence-electron chi connectivity index (χ0n) is 15.8. The molecule has 6 heteroatoms. The van der Waals surface area contributed by atoms with Crippen LogP contribution < -0.4 is 4.74 Å². The van der Waals surface area contributed by atoms with Crippen LogP contribution in [0.4, 0.5) is 0 Å². The van der Waals surface area contributed by atoms with Gasteiger partial charge in [-0.1, -0.05) is 18.6 Å². The van der Waals surface area contributed by atoms with Gasteiger partial charge in [0.1, 0.15) is 11.6 Å². The van der Waals surface area contributed by atoms with Crippen LogP contribution in [-0.4, -0.2) is 39.7 Å². The lowest BCUT2D eigenvalue weighted by atomic mass is 10.1. The molecule has 0 unspecified atom stereocenters. The Morgan fingerprint density at radius 3 is 2.78 bits per heavy atom. The quantitative estimate of drug-likeness (QED) is 0.711. The largest absolute Gasteiger partial charge is 0.497 e. The van der Waals surface area contributed by atoms with Crippen LogP contribution in [0.1, 0.15) is 41.3 Å². The summed E-state index contributed by atoms with van der Waals surface area (Å²) in [7, 11) is 3.47. The Labute approximate surface area is 158 Å². The van der Waals surface area contributed by atoms with E-state index in [-0.39, 0.29) is 5.91 Å². The summed E-state index contributed by atoms with van der Waals surface area (Å²) in [6, 6.07) is 11.6. The van der Waals surface area contributed by atoms with Gasteiger partial charge in [-0.05, 0) is 47.9 Å². The number of amides is 1. The first-order valence-electron chi connectivity index (χ1n) is 9.40. The van der Waals surface area contributed by atoms with Gasteiger partial charge in [-0.2, -0.15) is 0 Å². The number of fused-ring (bicyclic) bond motifs is 2. The monoisotopic (exact) mass is 364 g/mol. The summed E-state index contributed by atoms with van der Waals surface area (Å²) in [5.74, 6) is 2.71. The highest BCUT2D eigenvalue weighted by Crippen LogP contribution is 2.23. The van der Waals surface area contributed by atoms with Gasteiger partial charge in [0.25, 0.3) is 5.91 Å². The van der Waals surface area contributed by atoms with Gasteiger partial charge in [0, 0.05) is 25.6 Å². The van der Waals surface area contributed by atoms with Crippen molar-refractivity contribution in [2.24, 2.45) is 0 Å². The summed E-state index contributed by atoms with van der Waals surface area (Å²) in [4.78, 5) is 14.6. The molecule has 2 aromatic carbocycles. The van der Waals surface area contributed by atoms with Crippen LogP contribution in [0, 0.1) is 0 Å². The molecule has 2 heterocycles. The molecule has 0 fully saturated rings. The Hall–Kier alpha value is -2.89. The summed E-state index contributed by atoms with van der Waals surface area (Å²) in [5, 5.41) is 10.7. The van der Waals surface area contributed by atoms with Crippen molar-refractivity contribution in [3.63, 3.8) is 0 Å². The number of hydrogen-bond acceptors (Lipinski definition) is 4. The molecule has 0 atom stereocenters. The maximum Gasteiger partial charge on any atom is 0.254 e. The van der Waals surface area contributed by atoms with E-state index in [0.29, 0.717) is 12.1 Å². The highest BCUT2D eigenvalue weighted by Gasteiger charge is 2.19. The smallest absolute Gasteiger partial charge is 0.254 e. The maximum atomic E-state index is 12.9. The molecule has 27 heavy (non-hydrogen) atoms. The van der Waals surface area contributed by atoms with Gasteiger partial charge in [0.2, 0.25) is 0 Å². The van der Waals surface area contributed by atoms with Crippen LogP contribution in [0.2, 0.25) is 0 Å². The summed E-state index contributed by atoms with van der Waals surface area (Å²) >= 11 is 0. The fraction of sp³-hybridized carbons (Fsp3) is 0.381. The number of benzene rings is 2. The Balaban J connectivity index is 1.54. The zero-order chi connectivity index (χ0) is 18.8. The van der Waals surface area contributed by atoms with Crippen molar-refractivity contribution >= 4 is 16.7 Å².